The molecule has 0 aliphatic rings. The molecular weight excluding hydrogens is 392 g/mol. The Kier molecular flexibility index (Phi) is 7.43. The van der Waals surface area contributed by atoms with Crippen molar-refractivity contribution in [2.45, 2.75) is 6.54 Å². The van der Waals surface area contributed by atoms with Crippen molar-refractivity contribution in [2.24, 2.45) is 0 Å². The molecule has 0 saturated carbocycles. The van der Waals surface area contributed by atoms with Crippen LogP contribution in [0.25, 0.3) is 6.08 Å². The second kappa shape index (κ2) is 10.6. The summed E-state index contributed by atoms with van der Waals surface area (Å²) < 4.78 is 10.5. The number of nitrogens with one attached hydrogen (secondary N) is 2. The van der Waals surface area contributed by atoms with Crippen LogP contribution in [0.2, 0.25) is 0 Å². The summed E-state index contributed by atoms with van der Waals surface area (Å²) in [6.07, 6.45) is 3.06. The lowest BCUT2D eigenvalue weighted by Crippen LogP contribution is -2.24. The molecule has 3 aromatic rings. The van der Waals surface area contributed by atoms with Crippen molar-refractivity contribution in [2.75, 3.05) is 19.5 Å². The minimum Gasteiger partial charge on any atom is -0.493 e. The second-order valence-electron chi connectivity index (χ2n) is 6.65. The molecule has 0 aliphatic carbocycles. The summed E-state index contributed by atoms with van der Waals surface area (Å²) in [6.45, 7) is 0.404. The fourth-order valence-electron chi connectivity index (χ4n) is 2.97. The first-order chi connectivity index (χ1) is 15.1. The van der Waals surface area contributed by atoms with E-state index in [0.29, 0.717) is 29.3 Å². The maximum absolute atomic E-state index is 12.6. The smallest absolute Gasteiger partial charge is 0.253 e. The highest BCUT2D eigenvalue weighted by atomic mass is 16.5. The third-order valence-electron chi connectivity index (χ3n) is 4.56. The Bertz CT molecular complexity index is 1080. The highest BCUT2D eigenvalue weighted by Gasteiger charge is 2.12. The average Bonchev–Trinajstić information content (AvgIpc) is 2.82. The van der Waals surface area contributed by atoms with Crippen LogP contribution in [-0.4, -0.2) is 26.0 Å². The molecule has 6 nitrogen and oxygen atoms in total. The van der Waals surface area contributed by atoms with Gasteiger partial charge < -0.3 is 20.1 Å². The number of rotatable bonds is 8. The van der Waals surface area contributed by atoms with Crippen molar-refractivity contribution in [3.63, 3.8) is 0 Å². The third kappa shape index (κ3) is 5.96. The van der Waals surface area contributed by atoms with E-state index in [-0.39, 0.29) is 11.8 Å². The number of carbonyl (C=O) groups excluding carboxylic acids is 2. The predicted molar refractivity (Wildman–Crippen MR) is 121 cm³/mol. The molecule has 3 aromatic carbocycles. The Labute approximate surface area is 181 Å². The maximum atomic E-state index is 12.6. The van der Waals surface area contributed by atoms with Crippen molar-refractivity contribution in [1.29, 1.82) is 0 Å². The molecule has 0 aromatic heterocycles. The fraction of sp³-hybridized carbons (Fsp3) is 0.120. The van der Waals surface area contributed by atoms with Gasteiger partial charge >= 0.3 is 0 Å². The Morgan fingerprint density at radius 2 is 1.58 bits per heavy atom. The number of hydrogen-bond donors (Lipinski definition) is 2. The van der Waals surface area contributed by atoms with Crippen molar-refractivity contribution in [3.8, 4) is 11.5 Å². The highest BCUT2D eigenvalue weighted by Crippen LogP contribution is 2.28. The number of para-hydroxylation sites is 1. The molecule has 0 unspecified atom stereocenters. The van der Waals surface area contributed by atoms with Crippen LogP contribution in [0, 0.1) is 0 Å². The van der Waals surface area contributed by atoms with Crippen LogP contribution in [0.3, 0.4) is 0 Å². The standard InChI is InChI=1S/C25H24N2O4/c1-30-22-14-12-18(16-23(22)31-2)13-15-24(28)27-21-11-7-6-10-20(21)25(29)26-17-19-8-4-3-5-9-19/h3-16H,17H2,1-2H3,(H,26,29)(H,27,28). The second-order valence-corrected chi connectivity index (χ2v) is 6.65. The molecule has 0 saturated heterocycles. The first kappa shape index (κ1) is 21.6. The quantitative estimate of drug-likeness (QED) is 0.537. The summed E-state index contributed by atoms with van der Waals surface area (Å²) in [7, 11) is 3.12. The molecule has 2 amide bonds. The number of carbonyl (C=O) groups is 2. The molecule has 0 bridgehead atoms. The number of hydrogen-bond acceptors (Lipinski definition) is 4. The summed E-state index contributed by atoms with van der Waals surface area (Å²) in [5, 5.41) is 5.64. The lowest BCUT2D eigenvalue weighted by atomic mass is 10.1. The van der Waals surface area contributed by atoms with Gasteiger partial charge in [-0.05, 0) is 41.5 Å². The Morgan fingerprint density at radius 3 is 2.32 bits per heavy atom. The maximum Gasteiger partial charge on any atom is 0.253 e. The van der Waals surface area contributed by atoms with E-state index < -0.39 is 0 Å². The summed E-state index contributed by atoms with van der Waals surface area (Å²) >= 11 is 0. The largest absolute Gasteiger partial charge is 0.493 e. The molecular formula is C25H24N2O4. The molecule has 31 heavy (non-hydrogen) atoms. The molecule has 2 N–H and O–H groups in total. The van der Waals surface area contributed by atoms with Gasteiger partial charge in [-0.25, -0.2) is 0 Å². The van der Waals surface area contributed by atoms with Gasteiger partial charge in [0.05, 0.1) is 25.5 Å². The first-order valence-corrected chi connectivity index (χ1v) is 9.73. The van der Waals surface area contributed by atoms with Crippen molar-refractivity contribution < 1.29 is 19.1 Å². The van der Waals surface area contributed by atoms with Crippen LogP contribution >= 0.6 is 0 Å². The van der Waals surface area contributed by atoms with Gasteiger partial charge in [-0.15, -0.1) is 0 Å². The summed E-state index contributed by atoms with van der Waals surface area (Å²) in [5.41, 5.74) is 2.61. The van der Waals surface area contributed by atoms with Gasteiger partial charge in [0.2, 0.25) is 5.91 Å². The zero-order valence-corrected chi connectivity index (χ0v) is 17.4. The molecule has 3 rings (SSSR count). The lowest BCUT2D eigenvalue weighted by Gasteiger charge is -2.11. The SMILES string of the molecule is COc1ccc(C=CC(=O)Nc2ccccc2C(=O)NCc2ccccc2)cc1OC. The molecule has 0 aliphatic heterocycles. The monoisotopic (exact) mass is 416 g/mol. The van der Waals surface area contributed by atoms with E-state index in [4.69, 9.17) is 9.47 Å². The number of amides is 2. The topological polar surface area (TPSA) is 76.7 Å². The van der Waals surface area contributed by atoms with E-state index in [9.17, 15) is 9.59 Å². The van der Waals surface area contributed by atoms with E-state index >= 15 is 0 Å². The van der Waals surface area contributed by atoms with Gasteiger partial charge in [0.25, 0.3) is 5.91 Å². The molecule has 6 heteroatoms. The first-order valence-electron chi connectivity index (χ1n) is 9.73. The number of ether oxygens (including phenoxy) is 2. The minimum absolute atomic E-state index is 0.261. The van der Waals surface area contributed by atoms with E-state index in [1.165, 1.54) is 6.08 Å². The van der Waals surface area contributed by atoms with Crippen molar-refractivity contribution in [1.82, 2.24) is 5.32 Å². The average molecular weight is 416 g/mol. The van der Waals surface area contributed by atoms with E-state index in [1.807, 2.05) is 36.4 Å². The van der Waals surface area contributed by atoms with Crippen LogP contribution in [0.4, 0.5) is 5.69 Å². The Hall–Kier alpha value is -4.06. The zero-order chi connectivity index (χ0) is 22.1. The number of methoxy groups -OCH3 is 2. The van der Waals surface area contributed by atoms with Gasteiger partial charge in [-0.3, -0.25) is 9.59 Å². The van der Waals surface area contributed by atoms with Crippen LogP contribution < -0.4 is 20.1 Å². The third-order valence-corrected chi connectivity index (χ3v) is 4.56. The van der Waals surface area contributed by atoms with Crippen LogP contribution in [0.1, 0.15) is 21.5 Å². The highest BCUT2D eigenvalue weighted by molar-refractivity contribution is 6.07. The molecule has 0 heterocycles. The zero-order valence-electron chi connectivity index (χ0n) is 17.4. The molecule has 0 radical (unpaired) electrons. The predicted octanol–water partition coefficient (Wildman–Crippen LogP) is 4.29. The minimum atomic E-state index is -0.349. The Balaban J connectivity index is 1.66. The Morgan fingerprint density at radius 1 is 0.871 bits per heavy atom. The summed E-state index contributed by atoms with van der Waals surface area (Å²) in [6, 6.07) is 21.9. The van der Waals surface area contributed by atoms with Crippen LogP contribution in [0.5, 0.6) is 11.5 Å². The van der Waals surface area contributed by atoms with Crippen LogP contribution in [0.15, 0.2) is 78.9 Å². The lowest BCUT2D eigenvalue weighted by molar-refractivity contribution is -0.111. The number of anilines is 1. The van der Waals surface area contributed by atoms with E-state index in [0.717, 1.165) is 11.1 Å². The van der Waals surface area contributed by atoms with Gasteiger partial charge in [-0.1, -0.05) is 48.5 Å². The van der Waals surface area contributed by atoms with Crippen molar-refractivity contribution >= 4 is 23.6 Å². The molecule has 0 fully saturated rings. The van der Waals surface area contributed by atoms with Gasteiger partial charge in [0.1, 0.15) is 0 Å². The van der Waals surface area contributed by atoms with Crippen LogP contribution in [-0.2, 0) is 11.3 Å². The van der Waals surface area contributed by atoms with Gasteiger partial charge in [-0.2, -0.15) is 0 Å². The molecule has 0 atom stereocenters. The fourth-order valence-corrected chi connectivity index (χ4v) is 2.97. The molecule has 158 valence electrons. The van der Waals surface area contributed by atoms with E-state index in [2.05, 4.69) is 10.6 Å². The molecule has 0 spiro atoms. The van der Waals surface area contributed by atoms with Crippen molar-refractivity contribution in [3.05, 3.63) is 95.6 Å². The van der Waals surface area contributed by atoms with E-state index in [1.54, 1.807) is 56.7 Å². The van der Waals surface area contributed by atoms with Gasteiger partial charge in [0, 0.05) is 12.6 Å². The summed E-state index contributed by atoms with van der Waals surface area (Å²) in [4.78, 5) is 25.1. The number of benzene rings is 3. The normalized spacial score (nSPS) is 10.5. The summed E-state index contributed by atoms with van der Waals surface area (Å²) in [5.74, 6) is 0.576. The van der Waals surface area contributed by atoms with Gasteiger partial charge in [0.15, 0.2) is 11.5 Å².